The fraction of sp³-hybridized carbons (Fsp3) is 0.696. The Morgan fingerprint density at radius 1 is 1.13 bits per heavy atom. The van der Waals surface area contributed by atoms with Crippen molar-refractivity contribution in [3.63, 3.8) is 0 Å². The van der Waals surface area contributed by atoms with Crippen LogP contribution in [0.4, 0.5) is 4.79 Å². The molecule has 0 spiro atoms. The fourth-order valence-corrected chi connectivity index (χ4v) is 3.43. The van der Waals surface area contributed by atoms with E-state index in [0.29, 0.717) is 43.4 Å². The zero-order chi connectivity index (χ0) is 22.0. The molecule has 7 heteroatoms. The highest BCUT2D eigenvalue weighted by molar-refractivity contribution is 5.95. The zero-order valence-corrected chi connectivity index (χ0v) is 18.8. The normalized spacial score (nSPS) is 15.1. The summed E-state index contributed by atoms with van der Waals surface area (Å²) in [4.78, 5) is 30.2. The highest BCUT2D eigenvalue weighted by Gasteiger charge is 2.26. The number of nitrogens with zero attached hydrogens (tertiary/aromatic N) is 2. The Labute approximate surface area is 180 Å². The summed E-state index contributed by atoms with van der Waals surface area (Å²) in [6.07, 6.45) is 6.54. The number of pyridine rings is 1. The number of hydrogen-bond acceptors (Lipinski definition) is 6. The molecular formula is C23H36N2O5. The molecule has 0 aromatic carbocycles. The maximum absolute atomic E-state index is 12.1. The van der Waals surface area contributed by atoms with E-state index in [-0.39, 0.29) is 11.9 Å². The van der Waals surface area contributed by atoms with Gasteiger partial charge in [0, 0.05) is 51.1 Å². The smallest absolute Gasteiger partial charge is 0.410 e. The minimum atomic E-state index is -0.450. The van der Waals surface area contributed by atoms with E-state index >= 15 is 0 Å². The van der Waals surface area contributed by atoms with E-state index < -0.39 is 5.60 Å². The third-order valence-corrected chi connectivity index (χ3v) is 5.08. The Morgan fingerprint density at radius 2 is 1.87 bits per heavy atom. The molecular weight excluding hydrogens is 384 g/mol. The standard InChI is InChI=1S/C23H36N2O5/c1-23(2,3)30-22(27)25-13-11-18(12-14-25)7-5-16-29-21-10-9-19(17-24-21)20(26)8-6-15-28-4/h9-10,17-18H,5-8,11-16H2,1-4H3. The fourth-order valence-electron chi connectivity index (χ4n) is 3.43. The van der Waals surface area contributed by atoms with Gasteiger partial charge < -0.3 is 19.1 Å². The first-order valence-electron chi connectivity index (χ1n) is 10.9. The summed E-state index contributed by atoms with van der Waals surface area (Å²) in [5.41, 5.74) is 0.157. The molecule has 0 saturated carbocycles. The van der Waals surface area contributed by atoms with Crippen LogP contribution in [0.15, 0.2) is 18.3 Å². The van der Waals surface area contributed by atoms with Crippen molar-refractivity contribution in [2.75, 3.05) is 33.4 Å². The number of hydrogen-bond donors (Lipinski definition) is 0. The minimum Gasteiger partial charge on any atom is -0.478 e. The third kappa shape index (κ3) is 8.69. The number of carbonyl (C=O) groups excluding carboxylic acids is 2. The maximum atomic E-state index is 12.1. The molecule has 0 N–H and O–H groups in total. The predicted octanol–water partition coefficient (Wildman–Crippen LogP) is 4.50. The molecule has 1 saturated heterocycles. The number of ketones is 1. The van der Waals surface area contributed by atoms with Gasteiger partial charge in [-0.05, 0) is 64.9 Å². The number of aromatic nitrogens is 1. The van der Waals surface area contributed by atoms with Gasteiger partial charge in [-0.15, -0.1) is 0 Å². The molecule has 2 rings (SSSR count). The van der Waals surface area contributed by atoms with E-state index in [1.54, 1.807) is 30.3 Å². The van der Waals surface area contributed by atoms with Crippen LogP contribution in [0.3, 0.4) is 0 Å². The molecule has 0 bridgehead atoms. The summed E-state index contributed by atoms with van der Waals surface area (Å²) in [5.74, 6) is 1.22. The number of Topliss-reactive ketones (excluding diaryl/α,β-unsaturated/α-hetero) is 1. The van der Waals surface area contributed by atoms with E-state index in [1.165, 1.54) is 0 Å². The van der Waals surface area contributed by atoms with Crippen molar-refractivity contribution in [3.05, 3.63) is 23.9 Å². The average molecular weight is 421 g/mol. The lowest BCUT2D eigenvalue weighted by Crippen LogP contribution is -2.41. The van der Waals surface area contributed by atoms with Crippen molar-refractivity contribution in [1.29, 1.82) is 0 Å². The van der Waals surface area contributed by atoms with Gasteiger partial charge in [0.2, 0.25) is 5.88 Å². The molecule has 1 aliphatic rings. The maximum Gasteiger partial charge on any atom is 0.410 e. The van der Waals surface area contributed by atoms with Gasteiger partial charge in [0.05, 0.1) is 6.61 Å². The topological polar surface area (TPSA) is 78.0 Å². The van der Waals surface area contributed by atoms with Crippen LogP contribution in [0, 0.1) is 5.92 Å². The Kier molecular flexibility index (Phi) is 9.56. The first-order chi connectivity index (χ1) is 14.3. The Bertz CT molecular complexity index is 661. The van der Waals surface area contributed by atoms with E-state index in [0.717, 1.165) is 38.8 Å². The van der Waals surface area contributed by atoms with E-state index in [9.17, 15) is 9.59 Å². The lowest BCUT2D eigenvalue weighted by atomic mass is 9.92. The lowest BCUT2D eigenvalue weighted by molar-refractivity contribution is 0.0179. The summed E-state index contributed by atoms with van der Waals surface area (Å²) in [5, 5.41) is 0. The second kappa shape index (κ2) is 11.9. The molecule has 0 radical (unpaired) electrons. The number of carbonyl (C=O) groups is 2. The van der Waals surface area contributed by atoms with Crippen molar-refractivity contribution in [2.45, 2.75) is 64.9 Å². The molecule has 1 aromatic heterocycles. The van der Waals surface area contributed by atoms with Crippen molar-refractivity contribution >= 4 is 11.9 Å². The molecule has 1 fully saturated rings. The van der Waals surface area contributed by atoms with Crippen molar-refractivity contribution in [2.24, 2.45) is 5.92 Å². The molecule has 1 aromatic rings. The van der Waals surface area contributed by atoms with Gasteiger partial charge in [-0.25, -0.2) is 9.78 Å². The van der Waals surface area contributed by atoms with Gasteiger partial charge >= 0.3 is 6.09 Å². The summed E-state index contributed by atoms with van der Waals surface area (Å²) in [6.45, 7) is 8.35. The summed E-state index contributed by atoms with van der Waals surface area (Å²) in [7, 11) is 1.63. The minimum absolute atomic E-state index is 0.0730. The Balaban J connectivity index is 1.62. The number of methoxy groups -OCH3 is 1. The van der Waals surface area contributed by atoms with Crippen LogP contribution in [0.25, 0.3) is 0 Å². The van der Waals surface area contributed by atoms with Crippen LogP contribution in [0.5, 0.6) is 5.88 Å². The van der Waals surface area contributed by atoms with E-state index in [2.05, 4.69) is 4.98 Å². The highest BCUT2D eigenvalue weighted by atomic mass is 16.6. The van der Waals surface area contributed by atoms with Gasteiger partial charge in [-0.3, -0.25) is 4.79 Å². The molecule has 2 heterocycles. The summed E-state index contributed by atoms with van der Waals surface area (Å²) < 4.78 is 16.1. The van der Waals surface area contributed by atoms with Crippen LogP contribution in [0.1, 0.15) is 69.7 Å². The lowest BCUT2D eigenvalue weighted by Gasteiger charge is -2.33. The van der Waals surface area contributed by atoms with Crippen molar-refractivity contribution < 1.29 is 23.8 Å². The number of amides is 1. The van der Waals surface area contributed by atoms with Crippen molar-refractivity contribution in [3.8, 4) is 5.88 Å². The molecule has 1 amide bonds. The van der Waals surface area contributed by atoms with Gasteiger partial charge in [0.25, 0.3) is 0 Å². The van der Waals surface area contributed by atoms with Gasteiger partial charge in [-0.1, -0.05) is 0 Å². The Morgan fingerprint density at radius 3 is 2.47 bits per heavy atom. The average Bonchev–Trinajstić information content (AvgIpc) is 2.71. The Hall–Kier alpha value is -2.15. The van der Waals surface area contributed by atoms with Crippen molar-refractivity contribution in [1.82, 2.24) is 9.88 Å². The van der Waals surface area contributed by atoms with Crippen LogP contribution in [-0.2, 0) is 9.47 Å². The van der Waals surface area contributed by atoms with E-state index in [4.69, 9.17) is 14.2 Å². The first kappa shape index (κ1) is 24.1. The number of rotatable bonds is 10. The van der Waals surface area contributed by atoms with Crippen LogP contribution >= 0.6 is 0 Å². The predicted molar refractivity (Wildman–Crippen MR) is 115 cm³/mol. The largest absolute Gasteiger partial charge is 0.478 e. The van der Waals surface area contributed by atoms with Crippen LogP contribution < -0.4 is 4.74 Å². The van der Waals surface area contributed by atoms with Crippen LogP contribution in [0.2, 0.25) is 0 Å². The molecule has 7 nitrogen and oxygen atoms in total. The molecule has 0 atom stereocenters. The SMILES string of the molecule is COCCCC(=O)c1ccc(OCCCC2CCN(C(=O)OC(C)(C)C)CC2)nc1. The summed E-state index contributed by atoms with van der Waals surface area (Å²) >= 11 is 0. The van der Waals surface area contributed by atoms with Gasteiger partial charge in [0.15, 0.2) is 5.78 Å². The molecule has 0 aliphatic carbocycles. The molecule has 168 valence electrons. The van der Waals surface area contributed by atoms with Gasteiger partial charge in [0.1, 0.15) is 5.60 Å². The number of ether oxygens (including phenoxy) is 3. The second-order valence-electron chi connectivity index (χ2n) is 8.81. The number of likely N-dealkylation sites (tertiary alicyclic amines) is 1. The third-order valence-electron chi connectivity index (χ3n) is 5.08. The van der Waals surface area contributed by atoms with Gasteiger partial charge in [-0.2, -0.15) is 0 Å². The van der Waals surface area contributed by atoms with E-state index in [1.807, 2.05) is 20.8 Å². The monoisotopic (exact) mass is 420 g/mol. The molecule has 30 heavy (non-hydrogen) atoms. The first-order valence-corrected chi connectivity index (χ1v) is 10.9. The number of piperidine rings is 1. The van der Waals surface area contributed by atoms with Crippen LogP contribution in [-0.4, -0.2) is 60.8 Å². The summed E-state index contributed by atoms with van der Waals surface area (Å²) in [6, 6.07) is 3.52. The zero-order valence-electron chi connectivity index (χ0n) is 18.8. The second-order valence-corrected chi connectivity index (χ2v) is 8.81. The highest BCUT2D eigenvalue weighted by Crippen LogP contribution is 2.23. The quantitative estimate of drug-likeness (QED) is 0.410. The molecule has 1 aliphatic heterocycles. The molecule has 0 unspecified atom stereocenters.